The zero-order valence-corrected chi connectivity index (χ0v) is 42.5. The summed E-state index contributed by atoms with van der Waals surface area (Å²) < 4.78 is 156. The van der Waals surface area contributed by atoms with Gasteiger partial charge in [0.05, 0.1) is 61.4 Å². The molecule has 6 atom stereocenters. The number of imidazole rings is 1. The number of hydrogen-bond acceptors (Lipinski definition) is 13. The number of nitrogens with zero attached hydrogens (tertiary/aromatic N) is 7. The van der Waals surface area contributed by atoms with E-state index in [9.17, 15) is 64.5 Å². The number of aliphatic hydroxyl groups is 1. The molecule has 426 valence electrons. The molecule has 5 heterocycles. The summed E-state index contributed by atoms with van der Waals surface area (Å²) in [6.45, 7) is -0.403. The molecule has 6 N–H and O–H groups in total. The standard InChI is InChI=1S/C49H57F10N11O8/c1-46(2,48(54,55)56)38(65-45(76)77-5)40(72)63-35(12-25-6-8-26(9-7-25)28-15-60-43(61-16-28)67-17-29-10-11-30(18-67)70(29)31-22-78-23-31)37(71)21-69(66-41(73)39(64-44(74)75)47(3,4)49(57,58)59)19-32-33(50)13-27(14-34(32)51)36-20-68(24-62-36)42(52)53/h6-9,13-16,20,24,29-31,35,37-39,42,64,71H,10-12,17-19,21-23H2,1-5H3,(H,63,72)(H,65,76)(H,66,73)(H,74,75)/t29?,30?,35-,37-,38+,39+/m0/s1. The van der Waals surface area contributed by atoms with Gasteiger partial charge in [-0.05, 0) is 70.2 Å². The lowest BCUT2D eigenvalue weighted by atomic mass is 9.82. The van der Waals surface area contributed by atoms with Gasteiger partial charge in [-0.1, -0.05) is 24.3 Å². The van der Waals surface area contributed by atoms with Crippen molar-refractivity contribution in [3.63, 3.8) is 0 Å². The first kappa shape index (κ1) is 58.8. The molecule has 0 spiro atoms. The number of carbonyl (C=O) groups is 4. The van der Waals surface area contributed by atoms with E-state index in [2.05, 4.69) is 34.8 Å². The number of hydrogen-bond donors (Lipinski definition) is 6. The van der Waals surface area contributed by atoms with E-state index in [1.54, 1.807) is 24.5 Å². The topological polar surface area (TPSA) is 229 Å². The minimum Gasteiger partial charge on any atom is -0.465 e. The highest BCUT2D eigenvalue weighted by atomic mass is 19.4. The van der Waals surface area contributed by atoms with Gasteiger partial charge in [0.2, 0.25) is 11.9 Å². The number of amides is 4. The number of fused-ring (bicyclic) bond motifs is 2. The van der Waals surface area contributed by atoms with Gasteiger partial charge in [0, 0.05) is 73.5 Å². The van der Waals surface area contributed by atoms with E-state index in [0.717, 1.165) is 39.2 Å². The SMILES string of the molecule is COC(=O)N[C@H](C(=O)N[C@@H](Cc1ccc(-c2cnc(N3CC4CCC(C3)N4C3COC3)nc2)cc1)[C@@H](O)CN(Cc1c(F)cc(-c2cn(C(F)F)cn2)cc1F)NC(=O)[C@@H](NC(=O)O)C(C)(C)C(F)(F)F)C(C)(C)C(F)(F)F. The maximum atomic E-state index is 16.0. The maximum Gasteiger partial charge on any atom is 0.407 e. The molecule has 29 heteroatoms. The van der Waals surface area contributed by atoms with Gasteiger partial charge >= 0.3 is 31.1 Å². The van der Waals surface area contributed by atoms with Gasteiger partial charge in [-0.3, -0.25) is 24.5 Å². The van der Waals surface area contributed by atoms with Crippen LogP contribution in [-0.4, -0.2) is 158 Å². The van der Waals surface area contributed by atoms with Crippen LogP contribution in [0.2, 0.25) is 0 Å². The molecule has 0 saturated carbocycles. The van der Waals surface area contributed by atoms with Gasteiger partial charge in [-0.15, -0.1) is 0 Å². The zero-order chi connectivity index (χ0) is 57.2. The number of halogens is 10. The Morgan fingerprint density at radius 3 is 1.85 bits per heavy atom. The first-order valence-electron chi connectivity index (χ1n) is 24.3. The Bertz CT molecular complexity index is 2740. The number of carboxylic acid groups (broad SMARTS) is 1. The summed E-state index contributed by atoms with van der Waals surface area (Å²) in [4.78, 5) is 69.7. The van der Waals surface area contributed by atoms with Crippen molar-refractivity contribution in [3.8, 4) is 22.4 Å². The molecular formula is C49H57F10N11O8. The Balaban J connectivity index is 1.20. The number of benzene rings is 2. The lowest BCUT2D eigenvalue weighted by Crippen LogP contribution is -2.63. The van der Waals surface area contributed by atoms with E-state index >= 15 is 8.78 Å². The number of aliphatic hydroxyl groups excluding tert-OH is 1. The Hall–Kier alpha value is -6.85. The average Bonchev–Trinajstić information content (AvgIpc) is 4.02. The number of anilines is 1. The second-order valence-corrected chi connectivity index (χ2v) is 20.4. The summed E-state index contributed by atoms with van der Waals surface area (Å²) in [5.41, 5.74) is -4.52. The molecule has 78 heavy (non-hydrogen) atoms. The van der Waals surface area contributed by atoms with Crippen LogP contribution < -0.4 is 26.3 Å². The average molecular weight is 1120 g/mol. The minimum absolute atomic E-state index is 0.272. The highest BCUT2D eigenvalue weighted by molar-refractivity contribution is 5.87. The predicted molar refractivity (Wildman–Crippen MR) is 256 cm³/mol. The molecule has 19 nitrogen and oxygen atoms in total. The second kappa shape index (κ2) is 23.2. The number of aromatic nitrogens is 4. The van der Waals surface area contributed by atoms with E-state index in [-0.39, 0.29) is 16.8 Å². The van der Waals surface area contributed by atoms with E-state index < -0.39 is 115 Å². The van der Waals surface area contributed by atoms with Crippen molar-refractivity contribution in [1.82, 2.24) is 50.8 Å². The molecule has 3 aliphatic rings. The quantitative estimate of drug-likeness (QED) is 0.0429. The molecule has 2 unspecified atom stereocenters. The van der Waals surface area contributed by atoms with E-state index in [0.29, 0.717) is 104 Å². The van der Waals surface area contributed by atoms with Gasteiger partial charge in [0.1, 0.15) is 23.7 Å². The van der Waals surface area contributed by atoms with Gasteiger partial charge < -0.3 is 40.5 Å². The molecule has 2 bridgehead atoms. The molecule has 7 rings (SSSR count). The van der Waals surface area contributed by atoms with Crippen molar-refractivity contribution in [2.75, 3.05) is 44.9 Å². The van der Waals surface area contributed by atoms with Crippen molar-refractivity contribution < 1.29 is 82.8 Å². The summed E-state index contributed by atoms with van der Waals surface area (Å²) in [6.07, 6.45) is -9.93. The fraction of sp³-hybridized carbons (Fsp3) is 0.531. The Labute approximate surface area is 439 Å². The molecule has 3 aliphatic heterocycles. The highest BCUT2D eigenvalue weighted by Crippen LogP contribution is 2.42. The summed E-state index contributed by atoms with van der Waals surface area (Å²) in [5.74, 6) is -5.69. The third kappa shape index (κ3) is 13.0. The second-order valence-electron chi connectivity index (χ2n) is 20.4. The Morgan fingerprint density at radius 1 is 0.795 bits per heavy atom. The smallest absolute Gasteiger partial charge is 0.407 e. The molecular weight excluding hydrogens is 1060 g/mol. The van der Waals surface area contributed by atoms with Crippen LogP contribution in [0.25, 0.3) is 22.4 Å². The maximum absolute atomic E-state index is 16.0. The summed E-state index contributed by atoms with van der Waals surface area (Å²) in [7, 11) is 0.814. The first-order valence-corrected chi connectivity index (χ1v) is 24.3. The summed E-state index contributed by atoms with van der Waals surface area (Å²) in [6, 6.07) is 1.64. The van der Waals surface area contributed by atoms with Crippen molar-refractivity contribution >= 4 is 29.9 Å². The van der Waals surface area contributed by atoms with Crippen LogP contribution in [0.5, 0.6) is 0 Å². The summed E-state index contributed by atoms with van der Waals surface area (Å²) >= 11 is 0. The van der Waals surface area contributed by atoms with Gasteiger partial charge in [0.15, 0.2) is 0 Å². The van der Waals surface area contributed by atoms with Crippen LogP contribution in [0, 0.1) is 22.5 Å². The Kier molecular flexibility index (Phi) is 17.5. The van der Waals surface area contributed by atoms with Gasteiger partial charge in [0.25, 0.3) is 5.91 Å². The molecule has 2 aromatic heterocycles. The van der Waals surface area contributed by atoms with Crippen LogP contribution in [0.15, 0.2) is 61.3 Å². The van der Waals surface area contributed by atoms with Crippen molar-refractivity contribution in [3.05, 3.63) is 84.1 Å². The van der Waals surface area contributed by atoms with Crippen LogP contribution in [-0.2, 0) is 32.0 Å². The number of ether oxygens (including phenoxy) is 2. The first-order chi connectivity index (χ1) is 36.5. The monoisotopic (exact) mass is 1120 g/mol. The van der Waals surface area contributed by atoms with Crippen molar-refractivity contribution in [2.45, 2.75) is 115 Å². The fourth-order valence-electron chi connectivity index (χ4n) is 9.54. The minimum atomic E-state index is -5.28. The molecule has 0 aliphatic carbocycles. The van der Waals surface area contributed by atoms with E-state index in [1.165, 1.54) is 17.4 Å². The third-order valence-corrected chi connectivity index (χ3v) is 14.5. The number of rotatable bonds is 20. The normalized spacial score (nSPS) is 19.0. The number of alkyl carbamates (subject to hydrolysis) is 1. The molecule has 4 amide bonds. The number of nitrogens with one attached hydrogen (secondary N) is 4. The lowest BCUT2D eigenvalue weighted by Gasteiger charge is -2.47. The molecule has 3 saturated heterocycles. The number of piperazine rings is 1. The van der Waals surface area contributed by atoms with Crippen LogP contribution >= 0.6 is 0 Å². The van der Waals surface area contributed by atoms with E-state index in [1.807, 2.05) is 10.7 Å². The summed E-state index contributed by atoms with van der Waals surface area (Å²) in [5, 5.41) is 27.6. The number of methoxy groups -OCH3 is 1. The highest BCUT2D eigenvalue weighted by Gasteiger charge is 2.57. The number of alkyl halides is 8. The van der Waals surface area contributed by atoms with Crippen LogP contribution in [0.4, 0.5) is 59.4 Å². The zero-order valence-electron chi connectivity index (χ0n) is 42.5. The third-order valence-electron chi connectivity index (χ3n) is 14.5. The van der Waals surface area contributed by atoms with Crippen LogP contribution in [0.1, 0.15) is 58.2 Å². The molecule has 4 aromatic rings. The van der Waals surface area contributed by atoms with Crippen molar-refractivity contribution in [2.24, 2.45) is 10.8 Å². The molecule has 3 fully saturated rings. The van der Waals surface area contributed by atoms with Crippen LogP contribution in [0.3, 0.4) is 0 Å². The largest absolute Gasteiger partial charge is 0.465 e. The van der Waals surface area contributed by atoms with E-state index in [4.69, 9.17) is 4.74 Å². The van der Waals surface area contributed by atoms with Crippen molar-refractivity contribution in [1.29, 1.82) is 0 Å². The van der Waals surface area contributed by atoms with Gasteiger partial charge in [-0.25, -0.2) is 38.3 Å². The molecule has 0 radical (unpaired) electrons. The predicted octanol–water partition coefficient (Wildman–Crippen LogP) is 6.19. The lowest BCUT2D eigenvalue weighted by molar-refractivity contribution is -0.221. The Morgan fingerprint density at radius 2 is 1.36 bits per heavy atom. The number of carbonyl (C=O) groups excluding carboxylic acids is 3. The number of hydrazine groups is 1. The van der Waals surface area contributed by atoms with Gasteiger partial charge in [-0.2, -0.15) is 35.1 Å². The fourth-order valence-corrected chi connectivity index (χ4v) is 9.54. The molecule has 2 aromatic carbocycles.